The third-order valence-corrected chi connectivity index (χ3v) is 4.65. The lowest BCUT2D eigenvalue weighted by molar-refractivity contribution is -0.143. The number of hydrogen-bond donors (Lipinski definition) is 0. The molecule has 5 nitrogen and oxygen atoms in total. The fourth-order valence-corrected chi connectivity index (χ4v) is 3.25. The molecule has 0 N–H and O–H groups in total. The van der Waals surface area contributed by atoms with E-state index in [4.69, 9.17) is 4.74 Å². The van der Waals surface area contributed by atoms with Crippen LogP contribution in [0.25, 0.3) is 16.9 Å². The van der Waals surface area contributed by atoms with Gasteiger partial charge in [0.15, 0.2) is 0 Å². The molecule has 3 rings (SSSR count). The highest BCUT2D eigenvalue weighted by Gasteiger charge is 2.23. The van der Waals surface area contributed by atoms with E-state index in [-0.39, 0.29) is 24.9 Å². The lowest BCUT2D eigenvalue weighted by Crippen LogP contribution is -2.33. The van der Waals surface area contributed by atoms with Crippen molar-refractivity contribution < 1.29 is 18.7 Å². The molecule has 6 heteroatoms. The molecule has 0 saturated heterocycles. The first-order valence-corrected chi connectivity index (χ1v) is 9.37. The summed E-state index contributed by atoms with van der Waals surface area (Å²) in [5.41, 5.74) is 3.65. The van der Waals surface area contributed by atoms with Crippen molar-refractivity contribution in [2.75, 3.05) is 20.2 Å². The lowest BCUT2D eigenvalue weighted by atomic mass is 10.1. The Balaban J connectivity index is 2.06. The van der Waals surface area contributed by atoms with Gasteiger partial charge in [-0.25, -0.2) is 4.39 Å². The van der Waals surface area contributed by atoms with Crippen molar-refractivity contribution in [1.29, 1.82) is 0 Å². The molecule has 0 fully saturated rings. The molecule has 0 aliphatic heterocycles. The monoisotopic (exact) mass is 394 g/mol. The second-order valence-electron chi connectivity index (χ2n) is 6.67. The van der Waals surface area contributed by atoms with Gasteiger partial charge < -0.3 is 14.2 Å². The average Bonchev–Trinajstić information content (AvgIpc) is 3.06. The molecule has 0 spiro atoms. The Kier molecular flexibility index (Phi) is 6.12. The fourth-order valence-electron chi connectivity index (χ4n) is 3.25. The Morgan fingerprint density at radius 2 is 1.72 bits per heavy atom. The highest BCUT2D eigenvalue weighted by Crippen LogP contribution is 2.30. The van der Waals surface area contributed by atoms with Crippen molar-refractivity contribution in [3.05, 3.63) is 77.7 Å². The molecule has 2 aromatic carbocycles. The molecule has 0 atom stereocenters. The number of ether oxygens (including phenoxy) is 1. The van der Waals surface area contributed by atoms with E-state index in [0.29, 0.717) is 11.3 Å². The molecule has 29 heavy (non-hydrogen) atoms. The van der Waals surface area contributed by atoms with Crippen LogP contribution in [0.3, 0.4) is 0 Å². The summed E-state index contributed by atoms with van der Waals surface area (Å²) in [5, 5.41) is 0. The largest absolute Gasteiger partial charge is 0.465 e. The van der Waals surface area contributed by atoms with Crippen molar-refractivity contribution in [2.24, 2.45) is 0 Å². The van der Waals surface area contributed by atoms with E-state index in [9.17, 15) is 14.0 Å². The maximum atomic E-state index is 13.4. The van der Waals surface area contributed by atoms with Gasteiger partial charge in [-0.15, -0.1) is 0 Å². The molecule has 1 amide bonds. The molecule has 1 aromatic heterocycles. The van der Waals surface area contributed by atoms with Gasteiger partial charge >= 0.3 is 5.97 Å². The molecular formula is C23H23FN2O3. The zero-order valence-electron chi connectivity index (χ0n) is 16.7. The molecular weight excluding hydrogens is 371 g/mol. The summed E-state index contributed by atoms with van der Waals surface area (Å²) in [7, 11) is 1.57. The predicted molar refractivity (Wildman–Crippen MR) is 109 cm³/mol. The van der Waals surface area contributed by atoms with Crippen molar-refractivity contribution in [3.8, 4) is 16.9 Å². The molecule has 0 radical (unpaired) electrons. The van der Waals surface area contributed by atoms with E-state index in [1.807, 2.05) is 41.8 Å². The summed E-state index contributed by atoms with van der Waals surface area (Å²) in [5.74, 6) is -1.07. The number of rotatable bonds is 6. The first kappa shape index (κ1) is 20.3. The lowest BCUT2D eigenvalue weighted by Gasteiger charge is -2.16. The smallest absolute Gasteiger partial charge is 0.325 e. The van der Waals surface area contributed by atoms with Crippen LogP contribution in [0.15, 0.2) is 60.7 Å². The van der Waals surface area contributed by atoms with Crippen LogP contribution < -0.4 is 0 Å². The molecule has 0 aliphatic rings. The van der Waals surface area contributed by atoms with Crippen LogP contribution in [0, 0.1) is 12.7 Å². The third-order valence-electron chi connectivity index (χ3n) is 4.65. The summed E-state index contributed by atoms with van der Waals surface area (Å²) < 4.78 is 20.3. The minimum Gasteiger partial charge on any atom is -0.465 e. The number of carbonyl (C=O) groups is 2. The number of carbonyl (C=O) groups excluding carboxylic acids is 2. The molecule has 0 bridgehead atoms. The number of amides is 1. The van der Waals surface area contributed by atoms with Crippen LogP contribution in [0.2, 0.25) is 0 Å². The molecule has 0 unspecified atom stereocenters. The molecule has 150 valence electrons. The highest BCUT2D eigenvalue weighted by molar-refractivity contribution is 5.98. The number of nitrogens with zero attached hydrogens (tertiary/aromatic N) is 2. The summed E-state index contributed by atoms with van der Waals surface area (Å²) in [4.78, 5) is 26.1. The zero-order chi connectivity index (χ0) is 21.0. The Morgan fingerprint density at radius 3 is 2.34 bits per heavy atom. The van der Waals surface area contributed by atoms with Crippen LogP contribution in [-0.4, -0.2) is 41.5 Å². The van der Waals surface area contributed by atoms with Crippen LogP contribution in [0.5, 0.6) is 0 Å². The van der Waals surface area contributed by atoms with Gasteiger partial charge in [0.05, 0.1) is 17.9 Å². The van der Waals surface area contributed by atoms with E-state index < -0.39 is 5.97 Å². The first-order chi connectivity index (χ1) is 13.9. The van der Waals surface area contributed by atoms with Gasteiger partial charge in [-0.05, 0) is 49.7 Å². The second-order valence-corrected chi connectivity index (χ2v) is 6.67. The fraction of sp³-hybridized carbons (Fsp3) is 0.217. The predicted octanol–water partition coefficient (Wildman–Crippen LogP) is 4.23. The van der Waals surface area contributed by atoms with E-state index >= 15 is 0 Å². The number of likely N-dealkylation sites (N-methyl/N-ethyl adjacent to an activating group) is 1. The standard InChI is InChI=1S/C23H23FN2O3/c1-4-29-22(27)15-25(3)23(28)20-14-21(17-8-6-5-7-9-17)26(16(20)2)19-12-10-18(24)11-13-19/h5-14H,4,15H2,1-3H3. The van der Waals surface area contributed by atoms with Crippen molar-refractivity contribution >= 4 is 11.9 Å². The van der Waals surface area contributed by atoms with Gasteiger partial charge in [0.2, 0.25) is 0 Å². The SMILES string of the molecule is CCOC(=O)CN(C)C(=O)c1cc(-c2ccccc2)n(-c2ccc(F)cc2)c1C. The van der Waals surface area contributed by atoms with E-state index in [1.54, 1.807) is 32.2 Å². The van der Waals surface area contributed by atoms with Crippen LogP contribution in [0.4, 0.5) is 4.39 Å². The molecule has 3 aromatic rings. The van der Waals surface area contributed by atoms with E-state index in [2.05, 4.69) is 0 Å². The Hall–Kier alpha value is -3.41. The maximum absolute atomic E-state index is 13.4. The van der Waals surface area contributed by atoms with Crippen LogP contribution in [-0.2, 0) is 9.53 Å². The van der Waals surface area contributed by atoms with Crippen molar-refractivity contribution in [2.45, 2.75) is 13.8 Å². The first-order valence-electron chi connectivity index (χ1n) is 9.37. The Labute approximate surface area is 169 Å². The summed E-state index contributed by atoms with van der Waals surface area (Å²) in [6.45, 7) is 3.69. The van der Waals surface area contributed by atoms with Crippen molar-refractivity contribution in [3.63, 3.8) is 0 Å². The number of benzene rings is 2. The third kappa shape index (κ3) is 4.37. The number of hydrogen-bond acceptors (Lipinski definition) is 3. The van der Waals surface area contributed by atoms with E-state index in [0.717, 1.165) is 16.9 Å². The van der Waals surface area contributed by atoms with Crippen LogP contribution in [0.1, 0.15) is 23.0 Å². The highest BCUT2D eigenvalue weighted by atomic mass is 19.1. The number of halogens is 1. The Morgan fingerprint density at radius 1 is 1.07 bits per heavy atom. The quantitative estimate of drug-likeness (QED) is 0.588. The van der Waals surface area contributed by atoms with Crippen molar-refractivity contribution in [1.82, 2.24) is 9.47 Å². The summed E-state index contributed by atoms with van der Waals surface area (Å²) in [6.07, 6.45) is 0. The topological polar surface area (TPSA) is 51.5 Å². The van der Waals surface area contributed by atoms with E-state index in [1.165, 1.54) is 17.0 Å². The minimum atomic E-state index is -0.456. The Bertz CT molecular complexity index is 1010. The van der Waals surface area contributed by atoms with Gasteiger partial charge in [0.25, 0.3) is 5.91 Å². The number of aromatic nitrogens is 1. The van der Waals surface area contributed by atoms with Gasteiger partial charge in [0, 0.05) is 18.4 Å². The average molecular weight is 394 g/mol. The van der Waals surface area contributed by atoms with Crippen LogP contribution >= 0.6 is 0 Å². The maximum Gasteiger partial charge on any atom is 0.325 e. The minimum absolute atomic E-state index is 0.130. The second kappa shape index (κ2) is 8.73. The summed E-state index contributed by atoms with van der Waals surface area (Å²) in [6, 6.07) is 17.6. The molecule has 1 heterocycles. The van der Waals surface area contributed by atoms with Gasteiger partial charge in [-0.2, -0.15) is 0 Å². The van der Waals surface area contributed by atoms with Gasteiger partial charge in [-0.3, -0.25) is 9.59 Å². The zero-order valence-corrected chi connectivity index (χ0v) is 16.7. The molecule has 0 saturated carbocycles. The molecule has 0 aliphatic carbocycles. The van der Waals surface area contributed by atoms with Gasteiger partial charge in [0.1, 0.15) is 12.4 Å². The normalized spacial score (nSPS) is 10.6. The van der Waals surface area contributed by atoms with Gasteiger partial charge in [-0.1, -0.05) is 30.3 Å². The summed E-state index contributed by atoms with van der Waals surface area (Å²) >= 11 is 0. The number of esters is 1.